The SMILES string of the molecule is CCCCCCc1ccc(C(=O)Oc2ccccc2-c2nc3ccc(Br)cn3c2NCc2ccccc2)cc1. The van der Waals surface area contributed by atoms with Gasteiger partial charge in [0.1, 0.15) is 22.9 Å². The summed E-state index contributed by atoms with van der Waals surface area (Å²) in [6, 6.07) is 29.5. The summed E-state index contributed by atoms with van der Waals surface area (Å²) in [6.07, 6.45) is 7.90. The Morgan fingerprint density at radius 3 is 2.44 bits per heavy atom. The number of unbranched alkanes of at least 4 members (excludes halogenated alkanes) is 3. The zero-order valence-electron chi connectivity index (χ0n) is 22.1. The Labute approximate surface area is 238 Å². The number of esters is 1. The maximum atomic E-state index is 13.2. The Morgan fingerprint density at radius 2 is 1.64 bits per heavy atom. The van der Waals surface area contributed by atoms with E-state index in [1.807, 2.05) is 89.5 Å². The molecule has 1 N–H and O–H groups in total. The minimum Gasteiger partial charge on any atom is -0.422 e. The number of imidazole rings is 1. The fourth-order valence-corrected chi connectivity index (χ4v) is 4.97. The molecule has 0 radical (unpaired) electrons. The van der Waals surface area contributed by atoms with Crippen LogP contribution >= 0.6 is 15.9 Å². The van der Waals surface area contributed by atoms with E-state index in [0.29, 0.717) is 17.9 Å². The number of carbonyl (C=O) groups excluding carboxylic acids is 1. The van der Waals surface area contributed by atoms with Gasteiger partial charge in [-0.15, -0.1) is 0 Å². The van der Waals surface area contributed by atoms with E-state index >= 15 is 0 Å². The van der Waals surface area contributed by atoms with E-state index in [9.17, 15) is 4.79 Å². The van der Waals surface area contributed by atoms with Crippen LogP contribution < -0.4 is 10.1 Å². The highest BCUT2D eigenvalue weighted by Gasteiger charge is 2.20. The van der Waals surface area contributed by atoms with Crippen molar-refractivity contribution >= 4 is 33.4 Å². The number of rotatable bonds is 11. The average Bonchev–Trinajstić information content (AvgIpc) is 3.32. The molecule has 2 heterocycles. The Balaban J connectivity index is 1.41. The van der Waals surface area contributed by atoms with Gasteiger partial charge in [-0.25, -0.2) is 9.78 Å². The van der Waals surface area contributed by atoms with Crippen LogP contribution in [0.2, 0.25) is 0 Å². The first kappa shape index (κ1) is 26.7. The van der Waals surface area contributed by atoms with Gasteiger partial charge in [0.25, 0.3) is 0 Å². The lowest BCUT2D eigenvalue weighted by atomic mass is 10.0. The number of ether oxygens (including phenoxy) is 1. The number of para-hydroxylation sites is 1. The summed E-state index contributed by atoms with van der Waals surface area (Å²) in [5.74, 6) is 0.910. The van der Waals surface area contributed by atoms with Gasteiger partial charge < -0.3 is 10.1 Å². The van der Waals surface area contributed by atoms with E-state index < -0.39 is 0 Å². The van der Waals surface area contributed by atoms with E-state index in [-0.39, 0.29) is 5.97 Å². The minimum absolute atomic E-state index is 0.384. The predicted octanol–water partition coefficient (Wildman–Crippen LogP) is 8.72. The molecule has 3 aromatic carbocycles. The normalized spacial score (nSPS) is 11.0. The van der Waals surface area contributed by atoms with Gasteiger partial charge in [0, 0.05) is 22.8 Å². The Morgan fingerprint density at radius 1 is 0.872 bits per heavy atom. The molecular weight excluding hydrogens is 550 g/mol. The summed E-state index contributed by atoms with van der Waals surface area (Å²) in [4.78, 5) is 18.1. The van der Waals surface area contributed by atoms with Gasteiger partial charge in [0.05, 0.1) is 5.56 Å². The molecule has 5 rings (SSSR count). The quantitative estimate of drug-likeness (QED) is 0.0962. The van der Waals surface area contributed by atoms with Gasteiger partial charge >= 0.3 is 5.97 Å². The molecular formula is C33H32BrN3O2. The van der Waals surface area contributed by atoms with Gasteiger partial charge in [0.2, 0.25) is 0 Å². The maximum Gasteiger partial charge on any atom is 0.343 e. The van der Waals surface area contributed by atoms with E-state index in [1.165, 1.54) is 31.2 Å². The number of fused-ring (bicyclic) bond motifs is 1. The number of pyridine rings is 1. The molecule has 0 bridgehead atoms. The summed E-state index contributed by atoms with van der Waals surface area (Å²) < 4.78 is 8.91. The van der Waals surface area contributed by atoms with Crippen LogP contribution in [-0.4, -0.2) is 15.4 Å². The molecule has 0 unspecified atom stereocenters. The van der Waals surface area contributed by atoms with Gasteiger partial charge in [-0.05, 0) is 76.3 Å². The molecule has 5 aromatic rings. The van der Waals surface area contributed by atoms with Crippen molar-refractivity contribution in [1.82, 2.24) is 9.38 Å². The van der Waals surface area contributed by atoms with Crippen LogP contribution in [0.3, 0.4) is 0 Å². The predicted molar refractivity (Wildman–Crippen MR) is 161 cm³/mol. The van der Waals surface area contributed by atoms with Crippen LogP contribution in [0.5, 0.6) is 5.75 Å². The molecule has 0 aliphatic carbocycles. The van der Waals surface area contributed by atoms with Gasteiger partial charge in [-0.3, -0.25) is 4.40 Å². The molecule has 5 nitrogen and oxygen atoms in total. The lowest BCUT2D eigenvalue weighted by Gasteiger charge is -2.12. The highest BCUT2D eigenvalue weighted by Crippen LogP contribution is 2.36. The summed E-state index contributed by atoms with van der Waals surface area (Å²) in [7, 11) is 0. The fraction of sp³-hybridized carbons (Fsp3) is 0.212. The van der Waals surface area contributed by atoms with Crippen molar-refractivity contribution in [2.75, 3.05) is 5.32 Å². The van der Waals surface area contributed by atoms with Crippen molar-refractivity contribution in [3.63, 3.8) is 0 Å². The molecule has 0 fully saturated rings. The van der Waals surface area contributed by atoms with Crippen LogP contribution in [0.1, 0.15) is 54.1 Å². The van der Waals surface area contributed by atoms with Crippen molar-refractivity contribution in [3.8, 4) is 17.0 Å². The average molecular weight is 583 g/mol. The zero-order chi connectivity index (χ0) is 27.0. The highest BCUT2D eigenvalue weighted by atomic mass is 79.9. The first-order valence-corrected chi connectivity index (χ1v) is 14.3. The second kappa shape index (κ2) is 12.8. The third-order valence-corrected chi connectivity index (χ3v) is 7.21. The van der Waals surface area contributed by atoms with E-state index in [2.05, 4.69) is 40.3 Å². The van der Waals surface area contributed by atoms with Crippen molar-refractivity contribution < 1.29 is 9.53 Å². The molecule has 0 saturated carbocycles. The molecule has 2 aromatic heterocycles. The van der Waals surface area contributed by atoms with Crippen LogP contribution in [0.25, 0.3) is 16.9 Å². The number of aryl methyl sites for hydroxylation is 1. The third-order valence-electron chi connectivity index (χ3n) is 6.74. The second-order valence-electron chi connectivity index (χ2n) is 9.62. The number of aromatic nitrogens is 2. The van der Waals surface area contributed by atoms with Crippen LogP contribution in [0.15, 0.2) is 102 Å². The molecule has 6 heteroatoms. The Bertz CT molecular complexity index is 1550. The smallest absolute Gasteiger partial charge is 0.343 e. The lowest BCUT2D eigenvalue weighted by Crippen LogP contribution is -2.09. The summed E-state index contributed by atoms with van der Waals surface area (Å²) in [5.41, 5.74) is 5.18. The van der Waals surface area contributed by atoms with E-state index in [0.717, 1.165) is 39.2 Å². The Kier molecular flexibility index (Phi) is 8.74. The Hall–Kier alpha value is -3.90. The number of benzene rings is 3. The van der Waals surface area contributed by atoms with Crippen LogP contribution in [-0.2, 0) is 13.0 Å². The molecule has 198 valence electrons. The minimum atomic E-state index is -0.384. The monoisotopic (exact) mass is 581 g/mol. The molecule has 0 atom stereocenters. The van der Waals surface area contributed by atoms with Crippen LogP contribution in [0, 0.1) is 0 Å². The molecule has 0 amide bonds. The number of anilines is 1. The zero-order valence-corrected chi connectivity index (χ0v) is 23.7. The van der Waals surface area contributed by atoms with Crippen molar-refractivity contribution in [1.29, 1.82) is 0 Å². The number of hydrogen-bond donors (Lipinski definition) is 1. The number of halogens is 1. The second-order valence-corrected chi connectivity index (χ2v) is 10.5. The molecule has 0 saturated heterocycles. The van der Waals surface area contributed by atoms with Gasteiger partial charge in [0.15, 0.2) is 0 Å². The summed E-state index contributed by atoms with van der Waals surface area (Å²) >= 11 is 3.58. The highest BCUT2D eigenvalue weighted by molar-refractivity contribution is 9.10. The third kappa shape index (κ3) is 6.58. The number of nitrogens with zero attached hydrogens (tertiary/aromatic N) is 2. The van der Waals surface area contributed by atoms with Crippen molar-refractivity contribution in [2.24, 2.45) is 0 Å². The summed E-state index contributed by atoms with van der Waals surface area (Å²) in [5, 5.41) is 3.56. The first-order chi connectivity index (χ1) is 19.1. The topological polar surface area (TPSA) is 55.6 Å². The van der Waals surface area contributed by atoms with Crippen molar-refractivity contribution in [2.45, 2.75) is 45.6 Å². The van der Waals surface area contributed by atoms with Gasteiger partial charge in [-0.2, -0.15) is 0 Å². The number of carbonyl (C=O) groups is 1. The number of hydrogen-bond acceptors (Lipinski definition) is 4. The maximum absolute atomic E-state index is 13.2. The van der Waals surface area contributed by atoms with Gasteiger partial charge in [-0.1, -0.05) is 80.8 Å². The summed E-state index contributed by atoms with van der Waals surface area (Å²) in [6.45, 7) is 2.84. The fourth-order valence-electron chi connectivity index (χ4n) is 4.63. The van der Waals surface area contributed by atoms with Crippen LogP contribution in [0.4, 0.5) is 5.82 Å². The molecule has 0 spiro atoms. The standard InChI is InChI=1S/C33H32BrN3O2/c1-2-3-4-6-11-24-16-18-26(19-17-24)33(38)39-29-15-10-9-14-28(29)31-32(35-22-25-12-7-5-8-13-25)37-23-27(34)20-21-30(37)36-31/h5,7-10,12-21,23,35H,2-4,6,11,22H2,1H3. The van der Waals surface area contributed by atoms with Crippen molar-refractivity contribution in [3.05, 3.63) is 118 Å². The first-order valence-electron chi connectivity index (χ1n) is 13.5. The largest absolute Gasteiger partial charge is 0.422 e. The lowest BCUT2D eigenvalue weighted by molar-refractivity contribution is 0.0735. The van der Waals surface area contributed by atoms with E-state index in [1.54, 1.807) is 0 Å². The molecule has 0 aliphatic rings. The van der Waals surface area contributed by atoms with E-state index in [4.69, 9.17) is 9.72 Å². The molecule has 39 heavy (non-hydrogen) atoms. The number of nitrogens with one attached hydrogen (secondary N) is 1. The molecule has 0 aliphatic heterocycles.